The summed E-state index contributed by atoms with van der Waals surface area (Å²) in [6, 6.07) is 8.07. The summed E-state index contributed by atoms with van der Waals surface area (Å²) in [6.07, 6.45) is 0. The highest BCUT2D eigenvalue weighted by molar-refractivity contribution is 7.92. The Kier molecular flexibility index (Phi) is 3.03. The highest BCUT2D eigenvalue weighted by atomic mass is 32.2. The first-order chi connectivity index (χ1) is 6.55. The summed E-state index contributed by atoms with van der Waals surface area (Å²) < 4.78 is 23.7. The minimum Gasteiger partial charge on any atom is -0.268 e. The topological polar surface area (TPSA) is 63.2 Å². The van der Waals surface area contributed by atoms with E-state index in [1.807, 2.05) is 4.72 Å². The van der Waals surface area contributed by atoms with Gasteiger partial charge < -0.3 is 0 Å². The fraction of sp³-hybridized carbons (Fsp3) is 0. The quantitative estimate of drug-likeness (QED) is 0.807. The summed E-state index contributed by atoms with van der Waals surface area (Å²) in [5.74, 6) is -0.662. The Morgan fingerprint density at radius 3 is 2.36 bits per heavy atom. The molecule has 0 heterocycles. The summed E-state index contributed by atoms with van der Waals surface area (Å²) >= 11 is 0. The van der Waals surface area contributed by atoms with Crippen molar-refractivity contribution in [3.05, 3.63) is 47.9 Å². The van der Waals surface area contributed by atoms with Gasteiger partial charge in [-0.3, -0.25) is 4.79 Å². The molecule has 1 amide bonds. The summed E-state index contributed by atoms with van der Waals surface area (Å²) in [6.45, 7) is 3.08. The molecule has 1 aromatic carbocycles. The molecule has 5 heteroatoms. The summed E-state index contributed by atoms with van der Waals surface area (Å²) in [4.78, 5) is 11.3. The molecule has 0 aliphatic heterocycles. The first kappa shape index (κ1) is 10.5. The van der Waals surface area contributed by atoms with E-state index in [1.54, 1.807) is 18.2 Å². The van der Waals surface area contributed by atoms with Crippen LogP contribution in [0.1, 0.15) is 10.4 Å². The smallest absolute Gasteiger partial charge is 0.264 e. The summed E-state index contributed by atoms with van der Waals surface area (Å²) in [7, 11) is -3.70. The van der Waals surface area contributed by atoms with Crippen LogP contribution in [0.15, 0.2) is 42.3 Å². The number of nitrogens with one attached hydrogen (secondary N) is 1. The van der Waals surface area contributed by atoms with Crippen LogP contribution in [0, 0.1) is 0 Å². The third kappa shape index (κ3) is 2.70. The zero-order valence-electron chi connectivity index (χ0n) is 7.30. The van der Waals surface area contributed by atoms with Gasteiger partial charge in [-0.15, -0.1) is 0 Å². The van der Waals surface area contributed by atoms with Gasteiger partial charge in [-0.05, 0) is 12.1 Å². The number of rotatable bonds is 3. The van der Waals surface area contributed by atoms with Crippen molar-refractivity contribution in [2.75, 3.05) is 0 Å². The Morgan fingerprint density at radius 2 is 1.86 bits per heavy atom. The lowest BCUT2D eigenvalue weighted by Crippen LogP contribution is -2.28. The molecule has 0 saturated carbocycles. The minimum atomic E-state index is -3.70. The lowest BCUT2D eigenvalue weighted by molar-refractivity contribution is 0.0982. The standard InChI is InChI=1S/C9H9NO3S/c1-2-14(12,13)10-9(11)8-6-4-3-5-7-8/h2-7H,1H2,(H,10,11). The van der Waals surface area contributed by atoms with E-state index in [-0.39, 0.29) is 5.56 Å². The van der Waals surface area contributed by atoms with Gasteiger partial charge in [0.15, 0.2) is 0 Å². The van der Waals surface area contributed by atoms with Crippen LogP contribution in [0.2, 0.25) is 0 Å². The van der Waals surface area contributed by atoms with Crippen molar-refractivity contribution in [1.29, 1.82) is 0 Å². The molecule has 0 fully saturated rings. The molecule has 14 heavy (non-hydrogen) atoms. The molecular weight excluding hydrogens is 202 g/mol. The van der Waals surface area contributed by atoms with E-state index >= 15 is 0 Å². The number of hydrogen-bond acceptors (Lipinski definition) is 3. The molecule has 1 aromatic rings. The second kappa shape index (κ2) is 4.06. The molecule has 0 spiro atoms. The van der Waals surface area contributed by atoms with Gasteiger partial charge in [-0.2, -0.15) is 0 Å². The van der Waals surface area contributed by atoms with Gasteiger partial charge in [-0.25, -0.2) is 13.1 Å². The van der Waals surface area contributed by atoms with Crippen LogP contribution in [0.3, 0.4) is 0 Å². The van der Waals surface area contributed by atoms with E-state index in [9.17, 15) is 13.2 Å². The SMILES string of the molecule is C=CS(=O)(=O)NC(=O)c1ccccc1. The molecular formula is C9H9NO3S. The molecule has 0 saturated heterocycles. The second-order valence-electron chi connectivity index (χ2n) is 2.51. The first-order valence-corrected chi connectivity index (χ1v) is 5.34. The average molecular weight is 211 g/mol. The van der Waals surface area contributed by atoms with Gasteiger partial charge in [0.2, 0.25) is 0 Å². The van der Waals surface area contributed by atoms with E-state index < -0.39 is 15.9 Å². The van der Waals surface area contributed by atoms with Crippen LogP contribution in [0.25, 0.3) is 0 Å². The fourth-order valence-corrected chi connectivity index (χ4v) is 1.28. The summed E-state index contributed by atoms with van der Waals surface area (Å²) in [5, 5.41) is 0.688. The zero-order valence-corrected chi connectivity index (χ0v) is 8.12. The highest BCUT2D eigenvalue weighted by Crippen LogP contribution is 1.99. The van der Waals surface area contributed by atoms with Gasteiger partial charge in [0, 0.05) is 11.0 Å². The molecule has 1 rings (SSSR count). The van der Waals surface area contributed by atoms with Crippen molar-refractivity contribution in [2.45, 2.75) is 0 Å². The Labute approximate surface area is 82.3 Å². The maximum Gasteiger partial charge on any atom is 0.264 e. The van der Waals surface area contributed by atoms with E-state index in [0.717, 1.165) is 0 Å². The van der Waals surface area contributed by atoms with E-state index in [0.29, 0.717) is 5.41 Å². The van der Waals surface area contributed by atoms with Gasteiger partial charge in [-0.1, -0.05) is 24.8 Å². The molecule has 0 aliphatic rings. The molecule has 0 unspecified atom stereocenters. The Balaban J connectivity index is 2.84. The zero-order chi connectivity index (χ0) is 10.6. The predicted octanol–water partition coefficient (Wildman–Crippen LogP) is 0.890. The first-order valence-electron chi connectivity index (χ1n) is 3.80. The number of sulfonamides is 1. The molecule has 74 valence electrons. The second-order valence-corrected chi connectivity index (χ2v) is 4.14. The molecule has 0 aliphatic carbocycles. The van der Waals surface area contributed by atoms with Gasteiger partial charge >= 0.3 is 0 Å². The average Bonchev–Trinajstić information content (AvgIpc) is 2.19. The lowest BCUT2D eigenvalue weighted by Gasteiger charge is -2.01. The number of carbonyl (C=O) groups is 1. The number of amides is 1. The van der Waals surface area contributed by atoms with E-state index in [4.69, 9.17) is 0 Å². The summed E-state index contributed by atoms with van der Waals surface area (Å²) in [5.41, 5.74) is 0.290. The van der Waals surface area contributed by atoms with Crippen molar-refractivity contribution in [3.8, 4) is 0 Å². The van der Waals surface area contributed by atoms with Gasteiger partial charge in [0.05, 0.1) is 0 Å². The largest absolute Gasteiger partial charge is 0.268 e. The van der Waals surface area contributed by atoms with Crippen LogP contribution in [0.4, 0.5) is 0 Å². The Bertz CT molecular complexity index is 436. The van der Waals surface area contributed by atoms with Crippen molar-refractivity contribution < 1.29 is 13.2 Å². The molecule has 1 N–H and O–H groups in total. The van der Waals surface area contributed by atoms with Crippen LogP contribution < -0.4 is 4.72 Å². The van der Waals surface area contributed by atoms with E-state index in [1.165, 1.54) is 12.1 Å². The molecule has 0 bridgehead atoms. The van der Waals surface area contributed by atoms with Gasteiger partial charge in [0.1, 0.15) is 0 Å². The van der Waals surface area contributed by atoms with Gasteiger partial charge in [0.25, 0.3) is 15.9 Å². The van der Waals surface area contributed by atoms with Crippen LogP contribution in [0.5, 0.6) is 0 Å². The third-order valence-electron chi connectivity index (χ3n) is 1.49. The Morgan fingerprint density at radius 1 is 1.29 bits per heavy atom. The molecule has 0 radical (unpaired) electrons. The van der Waals surface area contributed by atoms with Crippen LogP contribution in [-0.2, 0) is 10.0 Å². The number of hydrogen-bond donors (Lipinski definition) is 1. The molecule has 0 aromatic heterocycles. The maximum absolute atomic E-state index is 11.3. The third-order valence-corrected chi connectivity index (χ3v) is 2.40. The van der Waals surface area contributed by atoms with Crippen LogP contribution in [-0.4, -0.2) is 14.3 Å². The number of carbonyl (C=O) groups excluding carboxylic acids is 1. The monoisotopic (exact) mass is 211 g/mol. The predicted molar refractivity (Wildman–Crippen MR) is 53.0 cm³/mol. The Hall–Kier alpha value is -1.62. The lowest BCUT2D eigenvalue weighted by atomic mass is 10.2. The van der Waals surface area contributed by atoms with E-state index in [2.05, 4.69) is 6.58 Å². The normalized spacial score (nSPS) is 10.6. The molecule has 0 atom stereocenters. The fourth-order valence-electron chi connectivity index (χ4n) is 0.819. The van der Waals surface area contributed by atoms with Crippen molar-refractivity contribution in [3.63, 3.8) is 0 Å². The maximum atomic E-state index is 11.3. The number of benzene rings is 1. The van der Waals surface area contributed by atoms with Crippen molar-refractivity contribution in [2.24, 2.45) is 0 Å². The highest BCUT2D eigenvalue weighted by Gasteiger charge is 2.11. The molecule has 4 nitrogen and oxygen atoms in total. The minimum absolute atomic E-state index is 0.290. The van der Waals surface area contributed by atoms with Crippen LogP contribution >= 0.6 is 0 Å². The van der Waals surface area contributed by atoms with Crippen molar-refractivity contribution >= 4 is 15.9 Å². The van der Waals surface area contributed by atoms with Crippen molar-refractivity contribution in [1.82, 2.24) is 4.72 Å².